The molecular formula is C11H19ClN4S. The average molecular weight is 275 g/mol. The highest BCUT2D eigenvalue weighted by molar-refractivity contribution is 7.80. The first-order valence-electron chi connectivity index (χ1n) is 5.73. The first-order chi connectivity index (χ1) is 8.00. The molecule has 17 heavy (non-hydrogen) atoms. The predicted octanol–water partition coefficient (Wildman–Crippen LogP) is 2.11. The Labute approximate surface area is 113 Å². The Morgan fingerprint density at radius 1 is 1.59 bits per heavy atom. The van der Waals surface area contributed by atoms with Crippen molar-refractivity contribution in [2.24, 2.45) is 0 Å². The van der Waals surface area contributed by atoms with Crippen LogP contribution in [-0.2, 0) is 6.54 Å². The molecule has 0 atom stereocenters. The summed E-state index contributed by atoms with van der Waals surface area (Å²) in [4.78, 5) is 0. The van der Waals surface area contributed by atoms with Crippen LogP contribution in [0.5, 0.6) is 0 Å². The first-order valence-corrected chi connectivity index (χ1v) is 6.51. The molecule has 0 saturated carbocycles. The van der Waals surface area contributed by atoms with Crippen molar-refractivity contribution in [3.8, 4) is 0 Å². The SMILES string of the molecule is Cc1c(Cl)cnn1CCCNC(=S)NC(C)C. The van der Waals surface area contributed by atoms with Gasteiger partial charge < -0.3 is 10.6 Å². The van der Waals surface area contributed by atoms with Crippen LogP contribution in [0.15, 0.2) is 6.20 Å². The Kier molecular flexibility index (Phi) is 5.71. The van der Waals surface area contributed by atoms with Crippen molar-refractivity contribution in [1.82, 2.24) is 20.4 Å². The molecule has 0 saturated heterocycles. The Balaban J connectivity index is 2.20. The number of aryl methyl sites for hydroxylation is 1. The van der Waals surface area contributed by atoms with Crippen molar-refractivity contribution in [2.75, 3.05) is 6.54 Å². The monoisotopic (exact) mass is 274 g/mol. The van der Waals surface area contributed by atoms with Gasteiger partial charge in [-0.3, -0.25) is 4.68 Å². The highest BCUT2D eigenvalue weighted by Gasteiger charge is 2.03. The van der Waals surface area contributed by atoms with Gasteiger partial charge in [-0.15, -0.1) is 0 Å². The summed E-state index contributed by atoms with van der Waals surface area (Å²) in [5.41, 5.74) is 1.01. The summed E-state index contributed by atoms with van der Waals surface area (Å²) in [6.45, 7) is 7.76. The van der Waals surface area contributed by atoms with E-state index in [0.717, 1.165) is 30.2 Å². The Hall–Kier alpha value is -0.810. The fourth-order valence-electron chi connectivity index (χ4n) is 1.39. The minimum absolute atomic E-state index is 0.363. The Morgan fingerprint density at radius 3 is 2.82 bits per heavy atom. The van der Waals surface area contributed by atoms with Crippen LogP contribution in [-0.4, -0.2) is 27.5 Å². The van der Waals surface area contributed by atoms with E-state index in [2.05, 4.69) is 29.6 Å². The number of rotatable bonds is 5. The largest absolute Gasteiger partial charge is 0.363 e. The number of nitrogens with one attached hydrogen (secondary N) is 2. The van der Waals surface area contributed by atoms with Gasteiger partial charge in [-0.1, -0.05) is 11.6 Å². The molecule has 0 fully saturated rings. The molecule has 1 aromatic rings. The quantitative estimate of drug-likeness (QED) is 0.637. The van der Waals surface area contributed by atoms with Crippen LogP contribution in [0.1, 0.15) is 26.0 Å². The van der Waals surface area contributed by atoms with Crippen LogP contribution >= 0.6 is 23.8 Å². The molecule has 1 aromatic heterocycles. The smallest absolute Gasteiger partial charge is 0.166 e. The zero-order chi connectivity index (χ0) is 12.8. The molecule has 0 spiro atoms. The van der Waals surface area contributed by atoms with Gasteiger partial charge >= 0.3 is 0 Å². The maximum atomic E-state index is 5.92. The molecule has 0 aliphatic rings. The van der Waals surface area contributed by atoms with Crippen molar-refractivity contribution >= 4 is 28.9 Å². The lowest BCUT2D eigenvalue weighted by atomic mass is 10.4. The van der Waals surface area contributed by atoms with Crippen molar-refractivity contribution in [2.45, 2.75) is 39.8 Å². The minimum Gasteiger partial charge on any atom is -0.363 e. The third-order valence-corrected chi connectivity index (χ3v) is 2.93. The summed E-state index contributed by atoms with van der Waals surface area (Å²) in [6, 6.07) is 0.363. The number of hydrogen-bond donors (Lipinski definition) is 2. The minimum atomic E-state index is 0.363. The summed E-state index contributed by atoms with van der Waals surface area (Å²) < 4.78 is 1.91. The zero-order valence-electron chi connectivity index (χ0n) is 10.5. The maximum absolute atomic E-state index is 5.92. The average Bonchev–Trinajstić information content (AvgIpc) is 2.54. The van der Waals surface area contributed by atoms with Gasteiger partial charge in [-0.2, -0.15) is 5.10 Å². The molecule has 0 unspecified atom stereocenters. The van der Waals surface area contributed by atoms with Crippen molar-refractivity contribution in [3.05, 3.63) is 16.9 Å². The molecule has 0 aromatic carbocycles. The molecule has 0 amide bonds. The van der Waals surface area contributed by atoms with Crippen LogP contribution < -0.4 is 10.6 Å². The summed E-state index contributed by atoms with van der Waals surface area (Å²) in [5, 5.41) is 11.9. The fourth-order valence-corrected chi connectivity index (χ4v) is 1.87. The number of aromatic nitrogens is 2. The third-order valence-electron chi connectivity index (χ3n) is 2.30. The second-order valence-corrected chi connectivity index (χ2v) is 5.03. The number of hydrogen-bond acceptors (Lipinski definition) is 2. The number of halogens is 1. The van der Waals surface area contributed by atoms with Crippen molar-refractivity contribution in [1.29, 1.82) is 0 Å². The third kappa shape index (κ3) is 4.91. The lowest BCUT2D eigenvalue weighted by molar-refractivity contribution is 0.558. The van der Waals surface area contributed by atoms with Crippen LogP contribution in [0, 0.1) is 6.92 Å². The summed E-state index contributed by atoms with van der Waals surface area (Å²) >= 11 is 11.0. The maximum Gasteiger partial charge on any atom is 0.166 e. The Bertz CT molecular complexity index is 376. The van der Waals surface area contributed by atoms with Crippen LogP contribution in [0.25, 0.3) is 0 Å². The van der Waals surface area contributed by atoms with E-state index < -0.39 is 0 Å². The normalized spacial score (nSPS) is 10.6. The zero-order valence-corrected chi connectivity index (χ0v) is 12.0. The van der Waals surface area contributed by atoms with Gasteiger partial charge in [-0.05, 0) is 39.4 Å². The van der Waals surface area contributed by atoms with E-state index in [1.807, 2.05) is 11.6 Å². The molecule has 96 valence electrons. The first kappa shape index (κ1) is 14.3. The lowest BCUT2D eigenvalue weighted by Crippen LogP contribution is -2.39. The van der Waals surface area contributed by atoms with Gasteiger partial charge in [0.2, 0.25) is 0 Å². The van der Waals surface area contributed by atoms with Gasteiger partial charge in [0, 0.05) is 19.1 Å². The molecule has 6 heteroatoms. The van der Waals surface area contributed by atoms with Crippen LogP contribution in [0.3, 0.4) is 0 Å². The van der Waals surface area contributed by atoms with Gasteiger partial charge in [0.1, 0.15) is 0 Å². The molecule has 4 nitrogen and oxygen atoms in total. The van der Waals surface area contributed by atoms with Gasteiger partial charge in [0.25, 0.3) is 0 Å². The van der Waals surface area contributed by atoms with E-state index in [1.54, 1.807) is 6.20 Å². The standard InChI is InChI=1S/C11H19ClN4S/c1-8(2)15-11(17)13-5-4-6-16-9(3)10(12)7-14-16/h7-8H,4-6H2,1-3H3,(H2,13,15,17). The molecule has 2 N–H and O–H groups in total. The highest BCUT2D eigenvalue weighted by atomic mass is 35.5. The fraction of sp³-hybridized carbons (Fsp3) is 0.636. The van der Waals surface area contributed by atoms with E-state index in [9.17, 15) is 0 Å². The van der Waals surface area contributed by atoms with Gasteiger partial charge in [-0.25, -0.2) is 0 Å². The molecule has 1 heterocycles. The van der Waals surface area contributed by atoms with Crippen molar-refractivity contribution < 1.29 is 0 Å². The second-order valence-electron chi connectivity index (χ2n) is 4.21. The summed E-state index contributed by atoms with van der Waals surface area (Å²) in [5.74, 6) is 0. The molecule has 1 rings (SSSR count). The molecule has 0 bridgehead atoms. The van der Waals surface area contributed by atoms with E-state index in [0.29, 0.717) is 11.2 Å². The van der Waals surface area contributed by atoms with Crippen LogP contribution in [0.2, 0.25) is 5.02 Å². The van der Waals surface area contributed by atoms with Gasteiger partial charge in [0.05, 0.1) is 16.9 Å². The number of nitrogens with zero attached hydrogens (tertiary/aromatic N) is 2. The van der Waals surface area contributed by atoms with E-state index in [-0.39, 0.29) is 0 Å². The van der Waals surface area contributed by atoms with Gasteiger partial charge in [0.15, 0.2) is 5.11 Å². The number of thiocarbonyl (C=S) groups is 1. The van der Waals surface area contributed by atoms with Crippen molar-refractivity contribution in [3.63, 3.8) is 0 Å². The highest BCUT2D eigenvalue weighted by Crippen LogP contribution is 2.13. The molecular weight excluding hydrogens is 256 g/mol. The molecule has 0 radical (unpaired) electrons. The summed E-state index contributed by atoms with van der Waals surface area (Å²) in [7, 11) is 0. The predicted molar refractivity (Wildman–Crippen MR) is 75.5 cm³/mol. The van der Waals surface area contributed by atoms with E-state index >= 15 is 0 Å². The summed E-state index contributed by atoms with van der Waals surface area (Å²) in [6.07, 6.45) is 2.63. The van der Waals surface area contributed by atoms with Crippen LogP contribution in [0.4, 0.5) is 0 Å². The lowest BCUT2D eigenvalue weighted by Gasteiger charge is -2.13. The molecule has 0 aliphatic carbocycles. The van der Waals surface area contributed by atoms with E-state index in [4.69, 9.17) is 23.8 Å². The molecule has 0 aliphatic heterocycles. The second kappa shape index (κ2) is 6.81. The van der Waals surface area contributed by atoms with E-state index in [1.165, 1.54) is 0 Å². The topological polar surface area (TPSA) is 41.9 Å². The Morgan fingerprint density at radius 2 is 2.29 bits per heavy atom.